The molecule has 3 rings (SSSR count). The van der Waals surface area contributed by atoms with Gasteiger partial charge in [0.15, 0.2) is 5.96 Å². The second kappa shape index (κ2) is 6.98. The summed E-state index contributed by atoms with van der Waals surface area (Å²) in [6.45, 7) is 6.81. The molecular weight excluding hydrogens is 290 g/mol. The van der Waals surface area contributed by atoms with Crippen LogP contribution in [0.25, 0.3) is 0 Å². The molecule has 3 atom stereocenters. The molecule has 0 bridgehead atoms. The fraction of sp³-hybridized carbons (Fsp3) is 0.944. The second-order valence-electron chi connectivity index (χ2n) is 7.64. The van der Waals surface area contributed by atoms with Gasteiger partial charge >= 0.3 is 0 Å². The van der Waals surface area contributed by atoms with Crippen molar-refractivity contribution in [2.24, 2.45) is 10.4 Å². The van der Waals surface area contributed by atoms with Gasteiger partial charge in [0.25, 0.3) is 0 Å². The van der Waals surface area contributed by atoms with E-state index >= 15 is 0 Å². The lowest BCUT2D eigenvalue weighted by molar-refractivity contribution is -0.125. The van der Waals surface area contributed by atoms with Crippen LogP contribution in [0.1, 0.15) is 58.8 Å². The SMILES string of the molecule is CCOC1CC(NC(=NC)NCC2(C)CCCO2)C12CCCC2. The van der Waals surface area contributed by atoms with Crippen LogP contribution < -0.4 is 10.6 Å². The molecule has 0 aromatic carbocycles. The first-order valence-corrected chi connectivity index (χ1v) is 9.35. The van der Waals surface area contributed by atoms with Crippen molar-refractivity contribution in [1.82, 2.24) is 10.6 Å². The number of aliphatic imine (C=N–C) groups is 1. The zero-order chi connectivity index (χ0) is 16.3. The molecule has 23 heavy (non-hydrogen) atoms. The minimum Gasteiger partial charge on any atom is -0.378 e. The molecule has 0 aromatic heterocycles. The van der Waals surface area contributed by atoms with Gasteiger partial charge in [0.2, 0.25) is 0 Å². The predicted molar refractivity (Wildman–Crippen MR) is 92.8 cm³/mol. The number of hydrogen-bond acceptors (Lipinski definition) is 3. The summed E-state index contributed by atoms with van der Waals surface area (Å²) >= 11 is 0. The van der Waals surface area contributed by atoms with Gasteiger partial charge in [0.1, 0.15) is 0 Å². The Labute approximate surface area is 140 Å². The zero-order valence-electron chi connectivity index (χ0n) is 15.0. The number of ether oxygens (including phenoxy) is 2. The van der Waals surface area contributed by atoms with Crippen LogP contribution in [0.4, 0.5) is 0 Å². The van der Waals surface area contributed by atoms with E-state index in [0.717, 1.165) is 45.0 Å². The van der Waals surface area contributed by atoms with Crippen molar-refractivity contribution in [3.8, 4) is 0 Å². The molecule has 2 aliphatic carbocycles. The zero-order valence-corrected chi connectivity index (χ0v) is 15.0. The molecular formula is C18H33N3O2. The van der Waals surface area contributed by atoms with Gasteiger partial charge in [-0.2, -0.15) is 0 Å². The van der Waals surface area contributed by atoms with Crippen LogP contribution in [-0.4, -0.2) is 50.5 Å². The Bertz CT molecular complexity index is 426. The minimum absolute atomic E-state index is 0.0455. The molecule has 2 N–H and O–H groups in total. The first kappa shape index (κ1) is 17.0. The largest absolute Gasteiger partial charge is 0.378 e. The van der Waals surface area contributed by atoms with Crippen molar-refractivity contribution in [2.45, 2.75) is 76.5 Å². The lowest BCUT2D eigenvalue weighted by Crippen LogP contribution is -2.65. The Morgan fingerprint density at radius 3 is 2.65 bits per heavy atom. The Morgan fingerprint density at radius 2 is 2.04 bits per heavy atom. The van der Waals surface area contributed by atoms with Gasteiger partial charge in [-0.05, 0) is 46.0 Å². The van der Waals surface area contributed by atoms with E-state index in [1.165, 1.54) is 25.7 Å². The maximum atomic E-state index is 6.00. The molecule has 0 radical (unpaired) electrons. The molecule has 0 aromatic rings. The normalized spacial score (nSPS) is 36.2. The molecule has 1 aliphatic heterocycles. The van der Waals surface area contributed by atoms with Gasteiger partial charge in [-0.15, -0.1) is 0 Å². The summed E-state index contributed by atoms with van der Waals surface area (Å²) in [6, 6.07) is 0.491. The third kappa shape index (κ3) is 3.36. The molecule has 5 heteroatoms. The lowest BCUT2D eigenvalue weighted by Gasteiger charge is -2.54. The Hall–Kier alpha value is -0.810. The Balaban J connectivity index is 1.55. The Morgan fingerprint density at radius 1 is 1.26 bits per heavy atom. The van der Waals surface area contributed by atoms with Crippen molar-refractivity contribution in [1.29, 1.82) is 0 Å². The molecule has 132 valence electrons. The molecule has 1 saturated heterocycles. The smallest absolute Gasteiger partial charge is 0.191 e. The van der Waals surface area contributed by atoms with E-state index in [2.05, 4.69) is 29.5 Å². The first-order valence-electron chi connectivity index (χ1n) is 9.35. The maximum Gasteiger partial charge on any atom is 0.191 e. The highest BCUT2D eigenvalue weighted by molar-refractivity contribution is 5.80. The number of rotatable bonds is 5. The predicted octanol–water partition coefficient (Wildman–Crippen LogP) is 2.46. The van der Waals surface area contributed by atoms with Crippen molar-refractivity contribution in [3.63, 3.8) is 0 Å². The highest BCUT2D eigenvalue weighted by Crippen LogP contribution is 2.54. The fourth-order valence-corrected chi connectivity index (χ4v) is 4.70. The van der Waals surface area contributed by atoms with Crippen LogP contribution in [0.15, 0.2) is 4.99 Å². The van der Waals surface area contributed by atoms with Gasteiger partial charge in [0, 0.05) is 38.3 Å². The average molecular weight is 323 g/mol. The standard InChI is InChI=1S/C18H33N3O2/c1-4-22-15-12-14(18(15)9-5-6-10-18)21-16(19-3)20-13-17(2)8-7-11-23-17/h14-15H,4-13H2,1-3H3,(H2,19,20,21). The summed E-state index contributed by atoms with van der Waals surface area (Å²) in [4.78, 5) is 4.43. The van der Waals surface area contributed by atoms with Crippen LogP contribution in [-0.2, 0) is 9.47 Å². The van der Waals surface area contributed by atoms with Crippen LogP contribution in [0.2, 0.25) is 0 Å². The van der Waals surface area contributed by atoms with Gasteiger partial charge in [0.05, 0.1) is 11.7 Å². The number of nitrogens with one attached hydrogen (secondary N) is 2. The quantitative estimate of drug-likeness (QED) is 0.603. The van der Waals surface area contributed by atoms with Crippen LogP contribution >= 0.6 is 0 Å². The van der Waals surface area contributed by atoms with E-state index in [1.54, 1.807) is 0 Å². The number of nitrogens with zero attached hydrogens (tertiary/aromatic N) is 1. The molecule has 3 aliphatic rings. The number of guanidine groups is 1. The van der Waals surface area contributed by atoms with Crippen LogP contribution in [0.3, 0.4) is 0 Å². The van der Waals surface area contributed by atoms with E-state index in [1.807, 2.05) is 7.05 Å². The van der Waals surface area contributed by atoms with Crippen molar-refractivity contribution < 1.29 is 9.47 Å². The van der Waals surface area contributed by atoms with Crippen molar-refractivity contribution in [2.75, 3.05) is 26.8 Å². The van der Waals surface area contributed by atoms with Crippen molar-refractivity contribution >= 4 is 5.96 Å². The summed E-state index contributed by atoms with van der Waals surface area (Å²) in [5.41, 5.74) is 0.289. The summed E-state index contributed by atoms with van der Waals surface area (Å²) < 4.78 is 11.9. The molecule has 1 spiro atoms. The maximum absolute atomic E-state index is 6.00. The van der Waals surface area contributed by atoms with Gasteiger partial charge in [-0.1, -0.05) is 12.8 Å². The topological polar surface area (TPSA) is 54.9 Å². The van der Waals surface area contributed by atoms with E-state index in [-0.39, 0.29) is 5.60 Å². The Kier molecular flexibility index (Phi) is 5.16. The van der Waals surface area contributed by atoms with E-state index in [4.69, 9.17) is 9.47 Å². The first-order chi connectivity index (χ1) is 11.1. The third-order valence-corrected chi connectivity index (χ3v) is 6.15. The van der Waals surface area contributed by atoms with Gasteiger partial charge < -0.3 is 20.1 Å². The molecule has 2 saturated carbocycles. The molecule has 3 fully saturated rings. The highest BCUT2D eigenvalue weighted by Gasteiger charge is 2.57. The fourth-order valence-electron chi connectivity index (χ4n) is 4.70. The van der Waals surface area contributed by atoms with Crippen LogP contribution in [0, 0.1) is 5.41 Å². The molecule has 5 nitrogen and oxygen atoms in total. The monoisotopic (exact) mass is 323 g/mol. The number of hydrogen-bond donors (Lipinski definition) is 2. The molecule has 0 amide bonds. The highest BCUT2D eigenvalue weighted by atomic mass is 16.5. The summed E-state index contributed by atoms with van der Waals surface area (Å²) in [5.74, 6) is 0.910. The average Bonchev–Trinajstić information content (AvgIpc) is 3.20. The third-order valence-electron chi connectivity index (χ3n) is 6.15. The minimum atomic E-state index is -0.0455. The van der Waals surface area contributed by atoms with E-state index in [9.17, 15) is 0 Å². The summed E-state index contributed by atoms with van der Waals surface area (Å²) in [6.07, 6.45) is 9.05. The van der Waals surface area contributed by atoms with Crippen molar-refractivity contribution in [3.05, 3.63) is 0 Å². The molecule has 3 unspecified atom stereocenters. The molecule has 1 heterocycles. The summed E-state index contributed by atoms with van der Waals surface area (Å²) in [7, 11) is 1.85. The van der Waals surface area contributed by atoms with E-state index in [0.29, 0.717) is 17.6 Å². The van der Waals surface area contributed by atoms with Gasteiger partial charge in [-0.25, -0.2) is 0 Å². The van der Waals surface area contributed by atoms with Gasteiger partial charge in [-0.3, -0.25) is 4.99 Å². The second-order valence-corrected chi connectivity index (χ2v) is 7.64. The lowest BCUT2D eigenvalue weighted by atomic mass is 9.60. The van der Waals surface area contributed by atoms with Crippen LogP contribution in [0.5, 0.6) is 0 Å². The van der Waals surface area contributed by atoms with E-state index < -0.39 is 0 Å². The summed E-state index contributed by atoms with van der Waals surface area (Å²) in [5, 5.41) is 7.15.